The second-order valence-electron chi connectivity index (χ2n) is 4.47. The second-order valence-corrected chi connectivity index (χ2v) is 4.47. The smallest absolute Gasteiger partial charge is 0.325 e. The normalized spacial score (nSPS) is 11.1. The van der Waals surface area contributed by atoms with Gasteiger partial charge in [0.2, 0.25) is 0 Å². The maximum Gasteiger partial charge on any atom is 0.325 e. The first-order chi connectivity index (χ1) is 7.90. The van der Waals surface area contributed by atoms with Crippen molar-refractivity contribution in [2.45, 2.75) is 33.0 Å². The molecule has 1 N–H and O–H groups in total. The van der Waals surface area contributed by atoms with Gasteiger partial charge in [0.15, 0.2) is 0 Å². The Balaban J connectivity index is 2.47. The first kappa shape index (κ1) is 13.3. The van der Waals surface area contributed by atoms with Crippen LogP contribution in [0.3, 0.4) is 0 Å². The fraction of sp³-hybridized carbons (Fsp3) is 0.545. The van der Waals surface area contributed by atoms with Crippen LogP contribution in [0.4, 0.5) is 10.2 Å². The van der Waals surface area contributed by atoms with E-state index in [4.69, 9.17) is 4.74 Å². The summed E-state index contributed by atoms with van der Waals surface area (Å²) >= 11 is 0. The SMILES string of the molecule is CC(C)(C)OC(=O)CNc1cc(CF)ncn1. The number of esters is 1. The summed E-state index contributed by atoms with van der Waals surface area (Å²) < 4.78 is 17.4. The number of aromatic nitrogens is 2. The predicted molar refractivity (Wildman–Crippen MR) is 61.2 cm³/mol. The molecule has 0 saturated carbocycles. The Labute approximate surface area is 99.4 Å². The molecule has 0 bridgehead atoms. The summed E-state index contributed by atoms with van der Waals surface area (Å²) in [4.78, 5) is 18.9. The Bertz CT molecular complexity index is 391. The molecule has 5 nitrogen and oxygen atoms in total. The standard InChI is InChI=1S/C11H16FN3O2/c1-11(2,3)17-10(16)6-13-9-4-8(5-12)14-7-15-9/h4,7H,5-6H2,1-3H3,(H,13,14,15). The summed E-state index contributed by atoms with van der Waals surface area (Å²) in [6.45, 7) is 4.69. The largest absolute Gasteiger partial charge is 0.459 e. The predicted octanol–water partition coefficient (Wildman–Crippen LogP) is 1.70. The number of nitrogens with zero attached hydrogens (tertiary/aromatic N) is 2. The van der Waals surface area contributed by atoms with Gasteiger partial charge in [-0.1, -0.05) is 0 Å². The number of halogens is 1. The average Bonchev–Trinajstić information content (AvgIpc) is 2.24. The van der Waals surface area contributed by atoms with Crippen LogP contribution < -0.4 is 5.32 Å². The van der Waals surface area contributed by atoms with E-state index in [1.807, 2.05) is 0 Å². The Morgan fingerprint density at radius 2 is 2.18 bits per heavy atom. The molecule has 17 heavy (non-hydrogen) atoms. The number of rotatable bonds is 4. The lowest BCUT2D eigenvalue weighted by Crippen LogP contribution is -2.28. The van der Waals surface area contributed by atoms with Gasteiger partial charge in [-0.3, -0.25) is 4.79 Å². The minimum absolute atomic E-state index is 0.0139. The van der Waals surface area contributed by atoms with Crippen LogP contribution in [-0.4, -0.2) is 28.1 Å². The molecule has 0 fully saturated rings. The molecular formula is C11H16FN3O2. The van der Waals surface area contributed by atoms with Gasteiger partial charge in [0.1, 0.15) is 31.0 Å². The highest BCUT2D eigenvalue weighted by Gasteiger charge is 2.15. The summed E-state index contributed by atoms with van der Waals surface area (Å²) in [7, 11) is 0. The van der Waals surface area contributed by atoms with E-state index in [0.29, 0.717) is 5.82 Å². The molecule has 1 aromatic heterocycles. The molecule has 6 heteroatoms. The molecule has 0 aliphatic heterocycles. The number of nitrogens with one attached hydrogen (secondary N) is 1. The summed E-state index contributed by atoms with van der Waals surface area (Å²) in [5.74, 6) is 0.0106. The molecule has 0 amide bonds. The average molecular weight is 241 g/mol. The molecule has 0 spiro atoms. The molecule has 0 aliphatic carbocycles. The number of carbonyl (C=O) groups excluding carboxylic acids is 1. The lowest BCUT2D eigenvalue weighted by Gasteiger charge is -2.19. The van der Waals surface area contributed by atoms with Crippen molar-refractivity contribution in [3.63, 3.8) is 0 Å². The maximum absolute atomic E-state index is 12.3. The van der Waals surface area contributed by atoms with Crippen molar-refractivity contribution in [1.29, 1.82) is 0 Å². The lowest BCUT2D eigenvalue weighted by atomic mass is 10.2. The second kappa shape index (κ2) is 5.56. The van der Waals surface area contributed by atoms with Crippen molar-refractivity contribution in [3.8, 4) is 0 Å². The van der Waals surface area contributed by atoms with Gasteiger partial charge in [-0.2, -0.15) is 0 Å². The van der Waals surface area contributed by atoms with Crippen molar-refractivity contribution in [1.82, 2.24) is 9.97 Å². The number of hydrogen-bond donors (Lipinski definition) is 1. The first-order valence-electron chi connectivity index (χ1n) is 5.23. The number of hydrogen-bond acceptors (Lipinski definition) is 5. The van der Waals surface area contributed by atoms with Crippen LogP contribution in [0.1, 0.15) is 26.5 Å². The molecule has 0 saturated heterocycles. The van der Waals surface area contributed by atoms with Gasteiger partial charge >= 0.3 is 5.97 Å². The van der Waals surface area contributed by atoms with Crippen molar-refractivity contribution in [2.75, 3.05) is 11.9 Å². The molecule has 0 radical (unpaired) electrons. The number of alkyl halides is 1. The maximum atomic E-state index is 12.3. The van der Waals surface area contributed by atoms with Crippen molar-refractivity contribution >= 4 is 11.8 Å². The minimum Gasteiger partial charge on any atom is -0.459 e. The molecule has 0 aromatic carbocycles. The Morgan fingerprint density at radius 1 is 1.47 bits per heavy atom. The third kappa shape index (κ3) is 5.24. The Kier molecular flexibility index (Phi) is 4.37. The topological polar surface area (TPSA) is 64.1 Å². The molecule has 0 aliphatic rings. The monoisotopic (exact) mass is 241 g/mol. The first-order valence-corrected chi connectivity index (χ1v) is 5.23. The van der Waals surface area contributed by atoms with Crippen molar-refractivity contribution in [2.24, 2.45) is 0 Å². The van der Waals surface area contributed by atoms with E-state index in [9.17, 15) is 9.18 Å². The van der Waals surface area contributed by atoms with Crippen LogP contribution in [-0.2, 0) is 16.2 Å². The third-order valence-corrected chi connectivity index (χ3v) is 1.69. The van der Waals surface area contributed by atoms with Gasteiger partial charge in [0.05, 0.1) is 5.69 Å². The van der Waals surface area contributed by atoms with Gasteiger partial charge in [-0.05, 0) is 20.8 Å². The van der Waals surface area contributed by atoms with Gasteiger partial charge < -0.3 is 10.1 Å². The third-order valence-electron chi connectivity index (χ3n) is 1.69. The highest BCUT2D eigenvalue weighted by molar-refractivity contribution is 5.74. The highest BCUT2D eigenvalue weighted by Crippen LogP contribution is 2.08. The minimum atomic E-state index is -0.663. The van der Waals surface area contributed by atoms with Crippen LogP contribution >= 0.6 is 0 Å². The van der Waals surface area contributed by atoms with Gasteiger partial charge in [-0.15, -0.1) is 0 Å². The van der Waals surface area contributed by atoms with E-state index in [0.717, 1.165) is 0 Å². The van der Waals surface area contributed by atoms with E-state index in [2.05, 4.69) is 15.3 Å². The molecule has 94 valence electrons. The number of carbonyl (C=O) groups is 1. The van der Waals surface area contributed by atoms with Crippen LogP contribution in [0.15, 0.2) is 12.4 Å². The van der Waals surface area contributed by atoms with E-state index >= 15 is 0 Å². The summed E-state index contributed by atoms with van der Waals surface area (Å²) in [6, 6.07) is 1.45. The van der Waals surface area contributed by atoms with E-state index in [1.165, 1.54) is 12.4 Å². The summed E-state index contributed by atoms with van der Waals surface area (Å²) in [6.07, 6.45) is 1.24. The lowest BCUT2D eigenvalue weighted by molar-refractivity contribution is -0.152. The molecule has 1 heterocycles. The summed E-state index contributed by atoms with van der Waals surface area (Å²) in [5, 5.41) is 2.75. The van der Waals surface area contributed by atoms with E-state index in [1.54, 1.807) is 20.8 Å². The van der Waals surface area contributed by atoms with Crippen LogP contribution in [0.25, 0.3) is 0 Å². The fourth-order valence-electron chi connectivity index (χ4n) is 1.11. The Hall–Kier alpha value is -1.72. The van der Waals surface area contributed by atoms with E-state index < -0.39 is 18.2 Å². The van der Waals surface area contributed by atoms with Crippen molar-refractivity contribution < 1.29 is 13.9 Å². The molecule has 1 rings (SSSR count). The summed E-state index contributed by atoms with van der Waals surface area (Å²) in [5.41, 5.74) is -0.249. The molecule has 0 unspecified atom stereocenters. The van der Waals surface area contributed by atoms with Crippen LogP contribution in [0.5, 0.6) is 0 Å². The van der Waals surface area contributed by atoms with Gasteiger partial charge in [0, 0.05) is 6.07 Å². The Morgan fingerprint density at radius 3 is 2.76 bits per heavy atom. The van der Waals surface area contributed by atoms with E-state index in [-0.39, 0.29) is 12.2 Å². The van der Waals surface area contributed by atoms with Crippen LogP contribution in [0, 0.1) is 0 Å². The van der Waals surface area contributed by atoms with Gasteiger partial charge in [-0.25, -0.2) is 14.4 Å². The zero-order valence-corrected chi connectivity index (χ0v) is 10.2. The van der Waals surface area contributed by atoms with Crippen LogP contribution in [0.2, 0.25) is 0 Å². The number of anilines is 1. The van der Waals surface area contributed by atoms with Crippen molar-refractivity contribution in [3.05, 3.63) is 18.1 Å². The number of ether oxygens (including phenoxy) is 1. The molecule has 1 aromatic rings. The quantitative estimate of drug-likeness (QED) is 0.813. The molecule has 0 atom stereocenters. The zero-order valence-electron chi connectivity index (χ0n) is 10.2. The van der Waals surface area contributed by atoms with Gasteiger partial charge in [0.25, 0.3) is 0 Å². The zero-order chi connectivity index (χ0) is 12.9. The fourth-order valence-corrected chi connectivity index (χ4v) is 1.11. The molecular weight excluding hydrogens is 225 g/mol. The highest BCUT2D eigenvalue weighted by atomic mass is 19.1.